The second kappa shape index (κ2) is 20.0. The van der Waals surface area contributed by atoms with Crippen LogP contribution < -0.4 is 14.2 Å². The number of hydrogen-bond acceptors (Lipinski definition) is 6. The van der Waals surface area contributed by atoms with E-state index >= 15 is 0 Å². The van der Waals surface area contributed by atoms with Crippen molar-refractivity contribution in [1.29, 1.82) is 0 Å². The van der Waals surface area contributed by atoms with E-state index in [1.54, 1.807) is 12.3 Å². The minimum Gasteiger partial charge on any atom is -0.493 e. The fraction of sp³-hybridized carbons (Fsp3) is 0.319. The molecule has 0 spiro atoms. The molecule has 294 valence electrons. The van der Waals surface area contributed by atoms with E-state index in [0.29, 0.717) is 60.2 Å². The van der Waals surface area contributed by atoms with Crippen molar-refractivity contribution in [2.45, 2.75) is 67.0 Å². The zero-order valence-corrected chi connectivity index (χ0v) is 35.8. The molecular formula is C47H53BrClN3O4. The van der Waals surface area contributed by atoms with Crippen molar-refractivity contribution in [3.63, 3.8) is 0 Å². The number of benzene rings is 4. The Morgan fingerprint density at radius 1 is 0.786 bits per heavy atom. The van der Waals surface area contributed by atoms with Gasteiger partial charge in [-0.15, -0.1) is 17.0 Å². The number of halogens is 2. The molecule has 5 aromatic rings. The van der Waals surface area contributed by atoms with E-state index in [1.165, 1.54) is 22.3 Å². The van der Waals surface area contributed by atoms with Gasteiger partial charge >= 0.3 is 0 Å². The number of aryl methyl sites for hydroxylation is 2. The summed E-state index contributed by atoms with van der Waals surface area (Å²) in [6, 6.07) is 32.9. The van der Waals surface area contributed by atoms with E-state index in [-0.39, 0.29) is 22.9 Å². The molecule has 0 radical (unpaired) electrons. The van der Waals surface area contributed by atoms with Gasteiger partial charge in [0.05, 0.1) is 17.8 Å². The van der Waals surface area contributed by atoms with Crippen LogP contribution in [0.5, 0.6) is 23.1 Å². The molecule has 9 heteroatoms. The van der Waals surface area contributed by atoms with Crippen LogP contribution >= 0.6 is 28.6 Å². The van der Waals surface area contributed by atoms with Gasteiger partial charge in [-0.2, -0.15) is 0 Å². The number of carbonyl (C=O) groups is 1. The maximum atomic E-state index is 13.6. The molecule has 4 aromatic carbocycles. The SMILES string of the molecule is Br.CC(C(=O)N1CCN(Cc2ccc(CCOc3ccc(C(C)C)cc3)cc2)CC1)=C(C)c1cc(C)c(Oc2ccc(OCc3ccc(C)cc3)cn2)c(Cl)c1. The monoisotopic (exact) mass is 837 g/mol. The number of hydrogen-bond donors (Lipinski definition) is 0. The Bertz CT molecular complexity index is 2050. The van der Waals surface area contributed by atoms with Gasteiger partial charge in [0.15, 0.2) is 5.75 Å². The van der Waals surface area contributed by atoms with Gasteiger partial charge < -0.3 is 19.1 Å². The molecule has 56 heavy (non-hydrogen) atoms. The molecule has 1 aliphatic rings. The maximum Gasteiger partial charge on any atom is 0.249 e. The van der Waals surface area contributed by atoms with Gasteiger partial charge in [0.1, 0.15) is 18.1 Å². The Kier molecular flexibility index (Phi) is 15.2. The highest BCUT2D eigenvalue weighted by molar-refractivity contribution is 8.93. The van der Waals surface area contributed by atoms with Crippen molar-refractivity contribution in [3.05, 3.63) is 153 Å². The Balaban J connectivity index is 0.00000600. The van der Waals surface area contributed by atoms with Crippen LogP contribution in [0.1, 0.15) is 72.6 Å². The summed E-state index contributed by atoms with van der Waals surface area (Å²) >= 11 is 6.76. The molecule has 1 amide bonds. The summed E-state index contributed by atoms with van der Waals surface area (Å²) in [5.74, 6) is 3.09. The summed E-state index contributed by atoms with van der Waals surface area (Å²) < 4.78 is 18.0. The van der Waals surface area contributed by atoms with Crippen LogP contribution in [0.25, 0.3) is 5.57 Å². The van der Waals surface area contributed by atoms with Gasteiger partial charge in [-0.3, -0.25) is 9.69 Å². The van der Waals surface area contributed by atoms with E-state index in [4.69, 9.17) is 25.8 Å². The molecule has 1 saturated heterocycles. The van der Waals surface area contributed by atoms with Crippen molar-refractivity contribution in [2.75, 3.05) is 32.8 Å². The molecular weight excluding hydrogens is 786 g/mol. The molecule has 6 rings (SSSR count). The third kappa shape index (κ3) is 11.5. The Morgan fingerprint density at radius 2 is 1.43 bits per heavy atom. The van der Waals surface area contributed by atoms with Gasteiger partial charge in [0.2, 0.25) is 11.8 Å². The third-order valence-corrected chi connectivity index (χ3v) is 10.6. The molecule has 1 aromatic heterocycles. The number of carbonyl (C=O) groups excluding carboxylic acids is 1. The largest absolute Gasteiger partial charge is 0.493 e. The van der Waals surface area contributed by atoms with Crippen molar-refractivity contribution in [2.24, 2.45) is 0 Å². The van der Waals surface area contributed by atoms with Gasteiger partial charge in [-0.25, -0.2) is 4.98 Å². The zero-order valence-electron chi connectivity index (χ0n) is 33.3. The smallest absolute Gasteiger partial charge is 0.249 e. The Labute approximate surface area is 348 Å². The number of allylic oxidation sites excluding steroid dienone is 1. The number of pyridine rings is 1. The topological polar surface area (TPSA) is 64.1 Å². The van der Waals surface area contributed by atoms with Crippen molar-refractivity contribution >= 4 is 40.1 Å². The first-order chi connectivity index (χ1) is 26.5. The van der Waals surface area contributed by atoms with Crippen LogP contribution in [-0.4, -0.2) is 53.5 Å². The van der Waals surface area contributed by atoms with Crippen LogP contribution in [0.4, 0.5) is 0 Å². The van der Waals surface area contributed by atoms with Gasteiger partial charge in [0, 0.05) is 50.8 Å². The minimum atomic E-state index is 0. The number of piperazine rings is 1. The lowest BCUT2D eigenvalue weighted by Crippen LogP contribution is -2.48. The highest BCUT2D eigenvalue weighted by Gasteiger charge is 2.24. The molecule has 0 atom stereocenters. The minimum absolute atomic E-state index is 0. The maximum absolute atomic E-state index is 13.6. The fourth-order valence-electron chi connectivity index (χ4n) is 6.57. The highest BCUT2D eigenvalue weighted by atomic mass is 79.9. The first kappa shape index (κ1) is 42.5. The van der Waals surface area contributed by atoms with Gasteiger partial charge in [0.25, 0.3) is 0 Å². The first-order valence-electron chi connectivity index (χ1n) is 19.1. The molecule has 0 saturated carbocycles. The number of aromatic nitrogens is 1. The van der Waals surface area contributed by atoms with Gasteiger partial charge in [-0.05, 0) is 103 Å². The van der Waals surface area contributed by atoms with E-state index in [0.717, 1.165) is 54.1 Å². The first-order valence-corrected chi connectivity index (χ1v) is 19.5. The zero-order chi connectivity index (χ0) is 38.9. The molecule has 7 nitrogen and oxygen atoms in total. The van der Waals surface area contributed by atoms with Crippen molar-refractivity contribution in [1.82, 2.24) is 14.8 Å². The number of ether oxygens (including phenoxy) is 3. The second-order valence-corrected chi connectivity index (χ2v) is 15.2. The van der Waals surface area contributed by atoms with E-state index in [2.05, 4.69) is 103 Å². The average molecular weight is 839 g/mol. The van der Waals surface area contributed by atoms with Crippen LogP contribution in [-0.2, 0) is 24.4 Å². The Morgan fingerprint density at radius 3 is 2.05 bits per heavy atom. The molecule has 2 heterocycles. The lowest BCUT2D eigenvalue weighted by Gasteiger charge is -2.35. The predicted octanol–water partition coefficient (Wildman–Crippen LogP) is 11.2. The average Bonchev–Trinajstić information content (AvgIpc) is 3.19. The molecule has 0 bridgehead atoms. The van der Waals surface area contributed by atoms with Crippen LogP contribution in [0.15, 0.2) is 109 Å². The Hall–Kier alpha value is -4.63. The summed E-state index contributed by atoms with van der Waals surface area (Å²) in [6.45, 7) is 17.3. The van der Waals surface area contributed by atoms with Crippen molar-refractivity contribution < 1.29 is 19.0 Å². The van der Waals surface area contributed by atoms with Crippen LogP contribution in [0, 0.1) is 13.8 Å². The second-order valence-electron chi connectivity index (χ2n) is 14.8. The summed E-state index contributed by atoms with van der Waals surface area (Å²) in [7, 11) is 0. The van der Waals surface area contributed by atoms with E-state index < -0.39 is 0 Å². The summed E-state index contributed by atoms with van der Waals surface area (Å²) in [5.41, 5.74) is 9.51. The van der Waals surface area contributed by atoms with E-state index in [1.807, 2.05) is 43.9 Å². The fourth-order valence-corrected chi connectivity index (χ4v) is 6.88. The van der Waals surface area contributed by atoms with Crippen LogP contribution in [0.2, 0.25) is 5.02 Å². The lowest BCUT2D eigenvalue weighted by molar-refractivity contribution is -0.128. The lowest BCUT2D eigenvalue weighted by atomic mass is 9.99. The molecule has 1 aliphatic heterocycles. The van der Waals surface area contributed by atoms with E-state index in [9.17, 15) is 4.79 Å². The molecule has 1 fully saturated rings. The third-order valence-electron chi connectivity index (χ3n) is 10.3. The quantitative estimate of drug-likeness (QED) is 0.104. The summed E-state index contributed by atoms with van der Waals surface area (Å²) in [6.07, 6.45) is 2.51. The highest BCUT2D eigenvalue weighted by Crippen LogP contribution is 2.36. The summed E-state index contributed by atoms with van der Waals surface area (Å²) in [5, 5.41) is 0.457. The van der Waals surface area contributed by atoms with Gasteiger partial charge in [-0.1, -0.05) is 91.7 Å². The number of nitrogens with zero attached hydrogens (tertiary/aromatic N) is 3. The molecule has 0 aliphatic carbocycles. The standard InChI is InChI=1S/C47H52ClN3O4.BrH/c1-32(2)40-15-17-42(18-16-40)53-26-21-37-11-13-38(14-12-37)30-50-22-24-51(25-23-50)47(52)36(6)35(5)41-27-34(4)46(44(48)28-41)55-45-20-19-43(29-49-45)54-31-39-9-7-33(3)8-10-39;/h7-20,27-29,32H,21-26,30-31H2,1-6H3;1H. The van der Waals surface area contributed by atoms with Crippen molar-refractivity contribution in [3.8, 4) is 23.1 Å². The number of amides is 1. The molecule has 0 unspecified atom stereocenters. The number of rotatable bonds is 14. The van der Waals surface area contributed by atoms with Crippen LogP contribution in [0.3, 0.4) is 0 Å². The molecule has 0 N–H and O–H groups in total. The normalized spacial score (nSPS) is 13.5. The summed E-state index contributed by atoms with van der Waals surface area (Å²) in [4.78, 5) is 22.4. The predicted molar refractivity (Wildman–Crippen MR) is 233 cm³/mol.